The van der Waals surface area contributed by atoms with Gasteiger partial charge in [-0.25, -0.2) is 4.39 Å². The Morgan fingerprint density at radius 1 is 1.30 bits per heavy atom. The molecule has 5 heteroatoms. The lowest BCUT2D eigenvalue weighted by atomic mass is 10.1. The van der Waals surface area contributed by atoms with Gasteiger partial charge < -0.3 is 5.32 Å². The van der Waals surface area contributed by atoms with E-state index in [0.717, 1.165) is 0 Å². The Morgan fingerprint density at radius 2 is 2.05 bits per heavy atom. The van der Waals surface area contributed by atoms with Gasteiger partial charge in [0, 0.05) is 18.1 Å². The fourth-order valence-corrected chi connectivity index (χ4v) is 1.51. The lowest BCUT2D eigenvalue weighted by Gasteiger charge is -2.03. The third-order valence-corrected chi connectivity index (χ3v) is 2.46. The van der Waals surface area contributed by atoms with Gasteiger partial charge >= 0.3 is 0 Å². The predicted octanol–water partition coefficient (Wildman–Crippen LogP) is 2.77. The van der Waals surface area contributed by atoms with Crippen LogP contribution in [-0.4, -0.2) is 10.9 Å². The maximum absolute atomic E-state index is 12.8. The molecule has 98 valence electrons. The maximum Gasteiger partial charge on any atom is 0.266 e. The number of rotatable bonds is 3. The number of benzene rings is 1. The molecule has 20 heavy (non-hydrogen) atoms. The molecular formula is C15H10FN3O. The fraction of sp³-hybridized carbons (Fsp3) is 0. The molecule has 0 radical (unpaired) electrons. The molecule has 1 heterocycles. The van der Waals surface area contributed by atoms with Crippen LogP contribution in [0.5, 0.6) is 0 Å². The minimum atomic E-state index is -0.553. The number of nitrogens with zero attached hydrogens (tertiary/aromatic N) is 2. The smallest absolute Gasteiger partial charge is 0.266 e. The molecule has 0 aliphatic rings. The normalized spacial score (nSPS) is 10.7. The first kappa shape index (κ1) is 13.4. The highest BCUT2D eigenvalue weighted by atomic mass is 19.1. The first-order chi connectivity index (χ1) is 9.69. The van der Waals surface area contributed by atoms with E-state index in [4.69, 9.17) is 5.26 Å². The minimum Gasteiger partial charge on any atom is -0.321 e. The largest absolute Gasteiger partial charge is 0.321 e. The second-order valence-electron chi connectivity index (χ2n) is 3.92. The summed E-state index contributed by atoms with van der Waals surface area (Å²) in [7, 11) is 0. The van der Waals surface area contributed by atoms with Crippen molar-refractivity contribution < 1.29 is 9.18 Å². The van der Waals surface area contributed by atoms with Crippen molar-refractivity contribution in [2.45, 2.75) is 0 Å². The van der Waals surface area contributed by atoms with Crippen molar-refractivity contribution in [3.05, 3.63) is 65.7 Å². The average molecular weight is 267 g/mol. The van der Waals surface area contributed by atoms with E-state index >= 15 is 0 Å². The fourth-order valence-electron chi connectivity index (χ4n) is 1.51. The van der Waals surface area contributed by atoms with Crippen molar-refractivity contribution in [1.29, 1.82) is 5.26 Å². The highest BCUT2D eigenvalue weighted by Crippen LogP contribution is 2.11. The van der Waals surface area contributed by atoms with Crippen LogP contribution in [-0.2, 0) is 4.79 Å². The second kappa shape index (κ2) is 6.25. The third kappa shape index (κ3) is 3.50. The van der Waals surface area contributed by atoms with Gasteiger partial charge in [-0.05, 0) is 42.0 Å². The van der Waals surface area contributed by atoms with Crippen LogP contribution >= 0.6 is 0 Å². The van der Waals surface area contributed by atoms with Crippen LogP contribution in [0.1, 0.15) is 5.56 Å². The third-order valence-electron chi connectivity index (χ3n) is 2.46. The van der Waals surface area contributed by atoms with E-state index in [2.05, 4.69) is 10.3 Å². The number of carbonyl (C=O) groups excluding carboxylic acids is 1. The van der Waals surface area contributed by atoms with Gasteiger partial charge in [0.25, 0.3) is 5.91 Å². The number of nitriles is 1. The van der Waals surface area contributed by atoms with Crippen LogP contribution in [0, 0.1) is 17.1 Å². The molecule has 0 aliphatic heterocycles. The summed E-state index contributed by atoms with van der Waals surface area (Å²) in [5.74, 6) is -0.947. The van der Waals surface area contributed by atoms with Crippen molar-refractivity contribution in [2.24, 2.45) is 0 Å². The number of aromatic nitrogens is 1. The number of nitrogens with one attached hydrogen (secondary N) is 1. The molecule has 4 nitrogen and oxygen atoms in total. The quantitative estimate of drug-likeness (QED) is 0.687. The Morgan fingerprint density at radius 3 is 2.65 bits per heavy atom. The van der Waals surface area contributed by atoms with Crippen molar-refractivity contribution >= 4 is 17.7 Å². The Labute approximate surface area is 115 Å². The van der Waals surface area contributed by atoms with Gasteiger partial charge in [-0.15, -0.1) is 0 Å². The first-order valence-electron chi connectivity index (χ1n) is 5.78. The summed E-state index contributed by atoms with van der Waals surface area (Å²) < 4.78 is 12.8. The van der Waals surface area contributed by atoms with Crippen molar-refractivity contribution in [3.8, 4) is 6.07 Å². The highest BCUT2D eigenvalue weighted by molar-refractivity contribution is 6.09. The molecule has 0 saturated carbocycles. The van der Waals surface area contributed by atoms with E-state index in [9.17, 15) is 9.18 Å². The highest BCUT2D eigenvalue weighted by Gasteiger charge is 2.09. The van der Waals surface area contributed by atoms with Crippen molar-refractivity contribution in [3.63, 3.8) is 0 Å². The summed E-state index contributed by atoms with van der Waals surface area (Å²) in [6.07, 6.45) is 4.58. The predicted molar refractivity (Wildman–Crippen MR) is 72.9 cm³/mol. The molecule has 2 rings (SSSR count). The molecule has 0 unspecified atom stereocenters. The molecular weight excluding hydrogens is 257 g/mol. The number of carbonyl (C=O) groups is 1. The minimum absolute atomic E-state index is 0.0534. The maximum atomic E-state index is 12.8. The molecule has 1 aromatic heterocycles. The second-order valence-corrected chi connectivity index (χ2v) is 3.92. The molecule has 2 aromatic rings. The molecule has 0 atom stereocenters. The summed E-state index contributed by atoms with van der Waals surface area (Å²) in [6, 6.07) is 10.6. The molecule has 1 amide bonds. The zero-order chi connectivity index (χ0) is 14.4. The molecule has 0 bridgehead atoms. The number of anilines is 1. The molecule has 0 aliphatic carbocycles. The number of halogens is 1. The zero-order valence-corrected chi connectivity index (χ0v) is 10.4. The van der Waals surface area contributed by atoms with Gasteiger partial charge in [0.15, 0.2) is 0 Å². The van der Waals surface area contributed by atoms with Crippen LogP contribution in [0.25, 0.3) is 6.08 Å². The summed E-state index contributed by atoms with van der Waals surface area (Å²) in [5.41, 5.74) is 1.02. The number of hydrogen-bond acceptors (Lipinski definition) is 3. The topological polar surface area (TPSA) is 65.8 Å². The van der Waals surface area contributed by atoms with Crippen molar-refractivity contribution in [1.82, 2.24) is 4.98 Å². The van der Waals surface area contributed by atoms with E-state index < -0.39 is 11.7 Å². The molecule has 1 N–H and O–H groups in total. The van der Waals surface area contributed by atoms with Crippen molar-refractivity contribution in [2.75, 3.05) is 5.32 Å². The van der Waals surface area contributed by atoms with E-state index in [-0.39, 0.29) is 5.57 Å². The zero-order valence-electron chi connectivity index (χ0n) is 10.4. The van der Waals surface area contributed by atoms with Crippen LogP contribution in [0.3, 0.4) is 0 Å². The average Bonchev–Trinajstić information content (AvgIpc) is 2.48. The van der Waals surface area contributed by atoms with Crippen LogP contribution < -0.4 is 5.32 Å². The lowest BCUT2D eigenvalue weighted by molar-refractivity contribution is -0.112. The Kier molecular flexibility index (Phi) is 4.20. The number of amides is 1. The standard InChI is InChI=1S/C15H10FN3O/c16-13-3-5-14(6-4-13)19-15(20)12(9-17)8-11-2-1-7-18-10-11/h1-8,10H,(H,19,20)/b12-8-. The molecule has 0 fully saturated rings. The van der Waals surface area contributed by atoms with Gasteiger partial charge in [-0.3, -0.25) is 9.78 Å². The summed E-state index contributed by atoms with van der Waals surface area (Å²) >= 11 is 0. The van der Waals surface area contributed by atoms with E-state index in [1.54, 1.807) is 24.5 Å². The Balaban J connectivity index is 2.16. The van der Waals surface area contributed by atoms with E-state index in [0.29, 0.717) is 11.3 Å². The summed E-state index contributed by atoms with van der Waals surface area (Å²) in [4.78, 5) is 15.8. The summed E-state index contributed by atoms with van der Waals surface area (Å²) in [6.45, 7) is 0. The Bertz CT molecular complexity index is 673. The van der Waals surface area contributed by atoms with E-state index in [1.165, 1.54) is 30.3 Å². The number of pyridine rings is 1. The van der Waals surface area contributed by atoms with Crippen LogP contribution in [0.4, 0.5) is 10.1 Å². The monoisotopic (exact) mass is 267 g/mol. The summed E-state index contributed by atoms with van der Waals surface area (Å²) in [5, 5.41) is 11.5. The van der Waals surface area contributed by atoms with Gasteiger partial charge in [-0.2, -0.15) is 5.26 Å². The number of hydrogen-bond donors (Lipinski definition) is 1. The van der Waals surface area contributed by atoms with Crippen LogP contribution in [0.15, 0.2) is 54.4 Å². The Hall–Kier alpha value is -3.00. The molecule has 0 spiro atoms. The van der Waals surface area contributed by atoms with Gasteiger partial charge in [0.1, 0.15) is 17.5 Å². The first-order valence-corrected chi connectivity index (χ1v) is 5.78. The molecule has 1 aromatic carbocycles. The lowest BCUT2D eigenvalue weighted by Crippen LogP contribution is -2.13. The van der Waals surface area contributed by atoms with E-state index in [1.807, 2.05) is 6.07 Å². The SMILES string of the molecule is N#C/C(=C/c1cccnc1)C(=O)Nc1ccc(F)cc1. The van der Waals surface area contributed by atoms with Gasteiger partial charge in [0.05, 0.1) is 0 Å². The van der Waals surface area contributed by atoms with Gasteiger partial charge in [0.2, 0.25) is 0 Å². The van der Waals surface area contributed by atoms with Gasteiger partial charge in [-0.1, -0.05) is 6.07 Å². The molecule has 0 saturated heterocycles. The van der Waals surface area contributed by atoms with Crippen LogP contribution in [0.2, 0.25) is 0 Å².